The first-order valence-electron chi connectivity index (χ1n) is 2.17. The van der Waals surface area contributed by atoms with E-state index in [2.05, 4.69) is 0 Å². The zero-order chi connectivity index (χ0) is 4.99. The third-order valence-electron chi connectivity index (χ3n) is 0.759. The molecule has 0 aromatic rings. The van der Waals surface area contributed by atoms with Gasteiger partial charge in [-0.3, -0.25) is 0 Å². The first-order valence-corrected chi connectivity index (χ1v) is 2.17. The molecule has 0 bridgehead atoms. The predicted octanol–water partition coefficient (Wildman–Crippen LogP) is 0.346. The summed E-state index contributed by atoms with van der Waals surface area (Å²) in [5.41, 5.74) is 0. The van der Waals surface area contributed by atoms with Gasteiger partial charge in [-0.2, -0.15) is 0 Å². The van der Waals surface area contributed by atoms with Crippen LogP contribution in [0.3, 0.4) is 0 Å². The van der Waals surface area contributed by atoms with E-state index in [1.165, 1.54) is 0 Å². The van der Waals surface area contributed by atoms with Gasteiger partial charge in [-0.05, 0) is 0 Å². The van der Waals surface area contributed by atoms with Crippen molar-refractivity contribution in [1.82, 2.24) is 0 Å². The lowest BCUT2D eigenvalue weighted by Crippen LogP contribution is -1.94. The zero-order valence-electron chi connectivity index (χ0n) is 4.02. The number of aliphatic hydroxyl groups excluding tert-OH is 1. The van der Waals surface area contributed by atoms with Gasteiger partial charge in [0.2, 0.25) is 0 Å². The van der Waals surface area contributed by atoms with Crippen LogP contribution in [0, 0.1) is 0 Å². The van der Waals surface area contributed by atoms with Crippen molar-refractivity contribution in [1.29, 1.82) is 0 Å². The van der Waals surface area contributed by atoms with Crippen LogP contribution in [0.1, 0.15) is 13.3 Å². The average molecular weight is 83.9 g/mol. The summed E-state index contributed by atoms with van der Waals surface area (Å²) in [5.74, 6) is -0.00926. The van der Waals surface area contributed by atoms with Crippen LogP contribution in [-0.4, -0.2) is 19.6 Å². The molecule has 1 atom stereocenters. The van der Waals surface area contributed by atoms with Gasteiger partial charge < -0.3 is 5.11 Å². The quantitative estimate of drug-likeness (QED) is 0.478. The van der Waals surface area contributed by atoms with E-state index in [4.69, 9.17) is 13.0 Å². The molecule has 0 aromatic carbocycles. The first kappa shape index (κ1) is 6.02. The lowest BCUT2D eigenvalue weighted by atomic mass is 9.86. The third kappa shape index (κ3) is 2.27. The minimum Gasteiger partial charge on any atom is -0.397 e. The van der Waals surface area contributed by atoms with Gasteiger partial charge in [0.15, 0.2) is 0 Å². The van der Waals surface area contributed by atoms with E-state index in [-0.39, 0.29) is 12.4 Å². The van der Waals surface area contributed by atoms with Gasteiger partial charge in [0.1, 0.15) is 0 Å². The SMILES string of the molecule is [B][C@H](CC)CO. The maximum atomic E-state index is 8.21. The van der Waals surface area contributed by atoms with Crippen LogP contribution in [0.4, 0.5) is 0 Å². The van der Waals surface area contributed by atoms with Crippen LogP contribution in [-0.2, 0) is 0 Å². The Morgan fingerprint density at radius 2 is 2.33 bits per heavy atom. The summed E-state index contributed by atoms with van der Waals surface area (Å²) >= 11 is 0. The number of hydrogen-bond donors (Lipinski definition) is 1. The molecule has 0 aromatic heterocycles. The molecule has 34 valence electrons. The van der Waals surface area contributed by atoms with E-state index in [0.29, 0.717) is 0 Å². The Labute approximate surface area is 39.8 Å². The molecule has 0 rings (SSSR count). The molecular weight excluding hydrogens is 74.9 g/mol. The number of rotatable bonds is 2. The predicted molar refractivity (Wildman–Crippen MR) is 26.9 cm³/mol. The summed E-state index contributed by atoms with van der Waals surface area (Å²) in [6.07, 6.45) is 0.858. The van der Waals surface area contributed by atoms with Gasteiger partial charge in [-0.1, -0.05) is 19.2 Å². The monoisotopic (exact) mass is 84.1 g/mol. The van der Waals surface area contributed by atoms with Crippen molar-refractivity contribution in [2.24, 2.45) is 0 Å². The maximum absolute atomic E-state index is 8.21. The molecule has 6 heavy (non-hydrogen) atoms. The Kier molecular flexibility index (Phi) is 3.24. The highest BCUT2D eigenvalue weighted by molar-refractivity contribution is 6.11. The van der Waals surface area contributed by atoms with Crippen molar-refractivity contribution >= 4 is 7.85 Å². The highest BCUT2D eigenvalue weighted by Gasteiger charge is 1.90. The Bertz CT molecular complexity index is 26.7. The molecule has 0 saturated heterocycles. The van der Waals surface area contributed by atoms with E-state index in [9.17, 15) is 0 Å². The van der Waals surface area contributed by atoms with Crippen molar-refractivity contribution < 1.29 is 5.11 Å². The molecule has 0 aliphatic carbocycles. The van der Waals surface area contributed by atoms with Crippen molar-refractivity contribution in [3.8, 4) is 0 Å². The highest BCUT2D eigenvalue weighted by atomic mass is 16.3. The van der Waals surface area contributed by atoms with Gasteiger partial charge in [0.25, 0.3) is 0 Å². The van der Waals surface area contributed by atoms with Crippen LogP contribution in [0.2, 0.25) is 5.82 Å². The van der Waals surface area contributed by atoms with E-state index in [1.54, 1.807) is 0 Å². The number of hydrogen-bond acceptors (Lipinski definition) is 1. The van der Waals surface area contributed by atoms with Crippen LogP contribution in [0.5, 0.6) is 0 Å². The van der Waals surface area contributed by atoms with E-state index < -0.39 is 0 Å². The smallest absolute Gasteiger partial charge is 0.0730 e. The molecule has 0 aliphatic rings. The summed E-state index contributed by atoms with van der Waals surface area (Å²) in [5, 5.41) is 8.21. The van der Waals surface area contributed by atoms with E-state index in [1.807, 2.05) is 6.92 Å². The third-order valence-corrected chi connectivity index (χ3v) is 0.759. The average Bonchev–Trinajstić information content (AvgIpc) is 1.65. The normalized spacial score (nSPS) is 14.3. The Hall–Kier alpha value is 0.0249. The molecule has 0 spiro atoms. The molecule has 0 amide bonds. The second kappa shape index (κ2) is 3.22. The van der Waals surface area contributed by atoms with E-state index >= 15 is 0 Å². The minimum atomic E-state index is -0.00926. The van der Waals surface area contributed by atoms with Gasteiger partial charge in [-0.15, -0.1) is 0 Å². The summed E-state index contributed by atoms with van der Waals surface area (Å²) in [7, 11) is 5.22. The second-order valence-electron chi connectivity index (χ2n) is 1.35. The lowest BCUT2D eigenvalue weighted by Gasteiger charge is -1.98. The Morgan fingerprint density at radius 1 is 1.83 bits per heavy atom. The molecule has 1 nitrogen and oxygen atoms in total. The molecule has 0 heterocycles. The van der Waals surface area contributed by atoms with Crippen molar-refractivity contribution in [3.63, 3.8) is 0 Å². The van der Waals surface area contributed by atoms with Crippen LogP contribution in [0.25, 0.3) is 0 Å². The molecule has 2 radical (unpaired) electrons. The highest BCUT2D eigenvalue weighted by Crippen LogP contribution is 1.98. The molecule has 0 aliphatic heterocycles. The largest absolute Gasteiger partial charge is 0.397 e. The van der Waals surface area contributed by atoms with Crippen LogP contribution < -0.4 is 0 Å². The molecule has 1 N–H and O–H groups in total. The first-order chi connectivity index (χ1) is 2.81. The molecule has 0 saturated carbocycles. The Morgan fingerprint density at radius 3 is 2.33 bits per heavy atom. The van der Waals surface area contributed by atoms with E-state index in [0.717, 1.165) is 6.42 Å². The minimum absolute atomic E-state index is 0.00926. The van der Waals surface area contributed by atoms with Gasteiger partial charge in [0, 0.05) is 6.61 Å². The topological polar surface area (TPSA) is 20.2 Å². The van der Waals surface area contributed by atoms with Crippen molar-refractivity contribution in [2.75, 3.05) is 6.61 Å². The molecular formula is C4H9BO. The summed E-state index contributed by atoms with van der Waals surface area (Å²) in [6.45, 7) is 2.05. The zero-order valence-corrected chi connectivity index (χ0v) is 4.02. The standard InChI is InChI=1S/C4H9BO/c1-2-4(5)3-6/h4,6H,2-3H2,1H3/t4-/m1/s1. The fraction of sp³-hybridized carbons (Fsp3) is 1.00. The van der Waals surface area contributed by atoms with Gasteiger partial charge >= 0.3 is 0 Å². The van der Waals surface area contributed by atoms with Crippen LogP contribution in [0.15, 0.2) is 0 Å². The number of aliphatic hydroxyl groups is 1. The summed E-state index contributed by atoms with van der Waals surface area (Å²) < 4.78 is 0. The molecule has 0 unspecified atom stereocenters. The van der Waals surface area contributed by atoms with Gasteiger partial charge in [0.05, 0.1) is 7.85 Å². The van der Waals surface area contributed by atoms with Gasteiger partial charge in [-0.25, -0.2) is 0 Å². The second-order valence-corrected chi connectivity index (χ2v) is 1.35. The Balaban J connectivity index is 2.75. The maximum Gasteiger partial charge on any atom is 0.0730 e. The lowest BCUT2D eigenvalue weighted by molar-refractivity contribution is 0.287. The fourth-order valence-electron chi connectivity index (χ4n) is 0.129. The van der Waals surface area contributed by atoms with Crippen LogP contribution >= 0.6 is 0 Å². The molecule has 2 heteroatoms. The summed E-state index contributed by atoms with van der Waals surface area (Å²) in [6, 6.07) is 0. The fourth-order valence-corrected chi connectivity index (χ4v) is 0.129. The summed E-state index contributed by atoms with van der Waals surface area (Å²) in [4.78, 5) is 0. The van der Waals surface area contributed by atoms with Crippen molar-refractivity contribution in [3.05, 3.63) is 0 Å². The van der Waals surface area contributed by atoms with Crippen molar-refractivity contribution in [2.45, 2.75) is 19.2 Å². The molecule has 0 fully saturated rings.